The van der Waals surface area contributed by atoms with Gasteiger partial charge < -0.3 is 11.1 Å². The van der Waals surface area contributed by atoms with Crippen molar-refractivity contribution in [1.82, 2.24) is 0 Å². The van der Waals surface area contributed by atoms with Crippen LogP contribution in [0.4, 0.5) is 5.69 Å². The van der Waals surface area contributed by atoms with Crippen molar-refractivity contribution in [3.63, 3.8) is 0 Å². The van der Waals surface area contributed by atoms with Gasteiger partial charge in [0.25, 0.3) is 0 Å². The molecule has 76 valence electrons. The Morgan fingerprint density at radius 2 is 2.13 bits per heavy atom. The van der Waals surface area contributed by atoms with E-state index in [1.165, 1.54) is 0 Å². The summed E-state index contributed by atoms with van der Waals surface area (Å²) >= 11 is 0. The zero-order valence-electron chi connectivity index (χ0n) is 8.72. The van der Waals surface area contributed by atoms with Gasteiger partial charge in [0.05, 0.1) is 5.41 Å². The minimum Gasteiger partial charge on any atom is -0.359 e. The molecule has 1 amide bonds. The monoisotopic (exact) mass is 200 g/mol. The molecule has 1 aliphatic rings. The van der Waals surface area contributed by atoms with E-state index in [1.807, 2.05) is 32.0 Å². The van der Waals surface area contributed by atoms with Gasteiger partial charge in [-0.2, -0.15) is 0 Å². The minimum absolute atomic E-state index is 0.0235. The van der Waals surface area contributed by atoms with Gasteiger partial charge in [0.15, 0.2) is 0 Å². The van der Waals surface area contributed by atoms with Crippen LogP contribution in [0, 0.1) is 12.0 Å². The lowest BCUT2D eigenvalue weighted by Gasteiger charge is -2.14. The Hall–Kier alpha value is -1.95. The van der Waals surface area contributed by atoms with Gasteiger partial charge in [-0.15, -0.1) is 0 Å². The molecule has 15 heavy (non-hydrogen) atoms. The molecule has 0 radical (unpaired) electrons. The first-order chi connectivity index (χ1) is 7.05. The number of anilines is 1. The third kappa shape index (κ3) is 1.35. The van der Waals surface area contributed by atoms with Crippen molar-refractivity contribution in [3.8, 4) is 12.0 Å². The quantitative estimate of drug-likeness (QED) is 0.488. The number of hydrogen-bond donors (Lipinski definition) is 2. The molecule has 1 aliphatic heterocycles. The molecular formula is C12H12N2O. The smallest absolute Gasteiger partial charge is 0.234 e. The Bertz CT molecular complexity index is 492. The summed E-state index contributed by atoms with van der Waals surface area (Å²) in [5.41, 5.74) is 7.35. The number of hydrogen-bond acceptors (Lipinski definition) is 2. The predicted octanol–water partition coefficient (Wildman–Crippen LogP) is 1.18. The first-order valence-electron chi connectivity index (χ1n) is 4.73. The molecule has 0 spiro atoms. The summed E-state index contributed by atoms with van der Waals surface area (Å²) in [5, 5.41) is 2.84. The van der Waals surface area contributed by atoms with E-state index in [1.54, 1.807) is 0 Å². The fourth-order valence-corrected chi connectivity index (χ4v) is 1.75. The maximum atomic E-state index is 11.7. The third-order valence-electron chi connectivity index (χ3n) is 2.73. The van der Waals surface area contributed by atoms with Gasteiger partial charge >= 0.3 is 0 Å². The van der Waals surface area contributed by atoms with E-state index in [9.17, 15) is 4.79 Å². The molecule has 0 aliphatic carbocycles. The van der Waals surface area contributed by atoms with Crippen molar-refractivity contribution >= 4 is 11.6 Å². The van der Waals surface area contributed by atoms with Gasteiger partial charge in [-0.05, 0) is 37.5 Å². The maximum Gasteiger partial charge on any atom is 0.234 e. The second-order valence-corrected chi connectivity index (χ2v) is 4.11. The van der Waals surface area contributed by atoms with E-state index in [0.717, 1.165) is 16.8 Å². The number of nitrogens with one attached hydrogen (secondary N) is 1. The van der Waals surface area contributed by atoms with Gasteiger partial charge in [-0.1, -0.05) is 6.07 Å². The molecule has 3 nitrogen and oxygen atoms in total. The lowest BCUT2D eigenvalue weighted by molar-refractivity contribution is -0.119. The van der Waals surface area contributed by atoms with Crippen LogP contribution in [-0.2, 0) is 10.2 Å². The summed E-state index contributed by atoms with van der Waals surface area (Å²) < 4.78 is 0. The van der Waals surface area contributed by atoms with Gasteiger partial charge in [-0.3, -0.25) is 4.79 Å². The lowest BCUT2D eigenvalue weighted by Crippen LogP contribution is -2.26. The molecule has 3 N–H and O–H groups in total. The Kier molecular flexibility index (Phi) is 1.94. The molecule has 0 aromatic heterocycles. The molecule has 3 heteroatoms. The number of rotatable bonds is 0. The summed E-state index contributed by atoms with van der Waals surface area (Å²) in [6.07, 6.45) is 0. The largest absolute Gasteiger partial charge is 0.359 e. The molecular weight excluding hydrogens is 188 g/mol. The second-order valence-electron chi connectivity index (χ2n) is 4.11. The van der Waals surface area contributed by atoms with Crippen molar-refractivity contribution in [2.45, 2.75) is 19.3 Å². The molecule has 1 heterocycles. The third-order valence-corrected chi connectivity index (χ3v) is 2.73. The second kappa shape index (κ2) is 3.03. The van der Waals surface area contributed by atoms with Crippen LogP contribution in [0.1, 0.15) is 25.0 Å². The Morgan fingerprint density at radius 1 is 1.40 bits per heavy atom. The van der Waals surface area contributed by atoms with E-state index in [2.05, 4.69) is 17.3 Å². The molecule has 0 fully saturated rings. The Labute approximate surface area is 88.7 Å². The highest BCUT2D eigenvalue weighted by Gasteiger charge is 2.37. The standard InChI is InChI=1S/C12H12N2O/c1-12(2)9-4-3-8(5-6-13)7-10(9)14-11(12)15/h3-4,7H,13H2,1-2H3,(H,14,15). The van der Waals surface area contributed by atoms with Gasteiger partial charge in [0.1, 0.15) is 0 Å². The number of carbonyl (C=O) groups is 1. The van der Waals surface area contributed by atoms with Crippen molar-refractivity contribution in [1.29, 1.82) is 0 Å². The summed E-state index contributed by atoms with van der Waals surface area (Å²) in [4.78, 5) is 11.7. The number of nitrogens with two attached hydrogens (primary N) is 1. The summed E-state index contributed by atoms with van der Waals surface area (Å²) in [5.74, 6) is 2.78. The van der Waals surface area contributed by atoms with E-state index < -0.39 is 5.41 Å². The van der Waals surface area contributed by atoms with E-state index in [-0.39, 0.29) is 5.91 Å². The number of benzene rings is 1. The van der Waals surface area contributed by atoms with Crippen LogP contribution >= 0.6 is 0 Å². The van der Waals surface area contributed by atoms with Gasteiger partial charge in [0, 0.05) is 17.3 Å². The molecule has 0 bridgehead atoms. The highest BCUT2D eigenvalue weighted by atomic mass is 16.2. The SMILES string of the molecule is CC1(C)C(=O)Nc2cc(C#CN)ccc21. The van der Waals surface area contributed by atoms with Crippen molar-refractivity contribution in [3.05, 3.63) is 29.3 Å². The zero-order chi connectivity index (χ0) is 11.1. The van der Waals surface area contributed by atoms with Gasteiger partial charge in [-0.25, -0.2) is 0 Å². The normalized spacial score (nSPS) is 16.3. The first-order valence-corrected chi connectivity index (χ1v) is 4.73. The molecule has 2 rings (SSSR count). The molecule has 0 unspecified atom stereocenters. The predicted molar refractivity (Wildman–Crippen MR) is 59.2 cm³/mol. The summed E-state index contributed by atoms with van der Waals surface area (Å²) in [7, 11) is 0. The topological polar surface area (TPSA) is 55.1 Å². The van der Waals surface area contributed by atoms with Crippen LogP contribution in [-0.4, -0.2) is 5.91 Å². The fourth-order valence-electron chi connectivity index (χ4n) is 1.75. The number of carbonyl (C=O) groups excluding carboxylic acids is 1. The van der Waals surface area contributed by atoms with Crippen LogP contribution in [0.5, 0.6) is 0 Å². The van der Waals surface area contributed by atoms with Crippen molar-refractivity contribution < 1.29 is 4.79 Å². The van der Waals surface area contributed by atoms with E-state index in [0.29, 0.717) is 0 Å². The van der Waals surface area contributed by atoms with E-state index in [4.69, 9.17) is 5.73 Å². The molecule has 0 saturated carbocycles. The average molecular weight is 200 g/mol. The summed E-state index contributed by atoms with van der Waals surface area (Å²) in [6.45, 7) is 3.81. The number of amides is 1. The summed E-state index contributed by atoms with van der Waals surface area (Å²) in [6, 6.07) is 7.99. The van der Waals surface area contributed by atoms with Crippen molar-refractivity contribution in [2.75, 3.05) is 5.32 Å². The Balaban J connectivity index is 2.54. The minimum atomic E-state index is -0.454. The van der Waals surface area contributed by atoms with Crippen molar-refractivity contribution in [2.24, 2.45) is 5.73 Å². The zero-order valence-corrected chi connectivity index (χ0v) is 8.72. The molecule has 1 aromatic rings. The highest BCUT2D eigenvalue weighted by Crippen LogP contribution is 2.37. The fraction of sp³-hybridized carbons (Fsp3) is 0.250. The molecule has 1 aromatic carbocycles. The molecule has 0 atom stereocenters. The lowest BCUT2D eigenvalue weighted by atomic mass is 9.86. The average Bonchev–Trinajstić information content (AvgIpc) is 2.38. The Morgan fingerprint density at radius 3 is 2.80 bits per heavy atom. The number of fused-ring (bicyclic) bond motifs is 1. The van der Waals surface area contributed by atoms with Crippen LogP contribution in [0.15, 0.2) is 18.2 Å². The van der Waals surface area contributed by atoms with Crippen LogP contribution in [0.3, 0.4) is 0 Å². The molecule has 0 saturated heterocycles. The van der Waals surface area contributed by atoms with Gasteiger partial charge in [0.2, 0.25) is 5.91 Å². The van der Waals surface area contributed by atoms with Crippen LogP contribution in [0.2, 0.25) is 0 Å². The van der Waals surface area contributed by atoms with Crippen LogP contribution in [0.25, 0.3) is 0 Å². The van der Waals surface area contributed by atoms with Crippen LogP contribution < -0.4 is 11.1 Å². The maximum absolute atomic E-state index is 11.7. The highest BCUT2D eigenvalue weighted by molar-refractivity contribution is 6.05. The van der Waals surface area contributed by atoms with E-state index >= 15 is 0 Å². The first kappa shape index (κ1) is 9.60.